The van der Waals surface area contributed by atoms with Crippen molar-refractivity contribution in [2.75, 3.05) is 20.6 Å². The number of hydrogen-bond acceptors (Lipinski definition) is 3. The van der Waals surface area contributed by atoms with Crippen molar-refractivity contribution in [2.24, 2.45) is 0 Å². The summed E-state index contributed by atoms with van der Waals surface area (Å²) < 4.78 is 0.658. The van der Waals surface area contributed by atoms with Crippen LogP contribution in [-0.2, 0) is 0 Å². The highest BCUT2D eigenvalue weighted by atomic mass is 35.5. The normalized spacial score (nSPS) is 17.6. The molecule has 1 aromatic heterocycles. The van der Waals surface area contributed by atoms with Crippen molar-refractivity contribution in [1.29, 1.82) is 0 Å². The second kappa shape index (κ2) is 7.64. The Kier molecular flexibility index (Phi) is 6.79. The van der Waals surface area contributed by atoms with E-state index in [1.165, 1.54) is 30.6 Å². The van der Waals surface area contributed by atoms with Crippen molar-refractivity contribution in [2.45, 2.75) is 37.6 Å². The third kappa shape index (κ3) is 4.10. The van der Waals surface area contributed by atoms with E-state index in [4.69, 9.17) is 11.6 Å². The Labute approximate surface area is 136 Å². The smallest absolute Gasteiger partial charge is 0.261 e. The number of halogens is 2. The number of rotatable bonds is 4. The predicted octanol–water partition coefficient (Wildman–Crippen LogP) is 3.82. The number of likely N-dealkylation sites (N-methyl/N-ethyl adjacent to an activating group) is 1. The van der Waals surface area contributed by atoms with E-state index >= 15 is 0 Å². The van der Waals surface area contributed by atoms with Crippen LogP contribution in [0.4, 0.5) is 0 Å². The van der Waals surface area contributed by atoms with Crippen LogP contribution in [0.1, 0.15) is 41.8 Å². The molecule has 0 aliphatic heterocycles. The predicted molar refractivity (Wildman–Crippen MR) is 88.4 cm³/mol. The van der Waals surface area contributed by atoms with Crippen molar-refractivity contribution in [3.63, 3.8) is 0 Å². The van der Waals surface area contributed by atoms with Crippen LogP contribution in [0.5, 0.6) is 0 Å². The Bertz CT molecular complexity index is 442. The monoisotopic (exact) mass is 336 g/mol. The maximum absolute atomic E-state index is 12.1. The van der Waals surface area contributed by atoms with Gasteiger partial charge in [0.25, 0.3) is 5.91 Å². The zero-order valence-corrected chi connectivity index (χ0v) is 14.3. The summed E-state index contributed by atoms with van der Waals surface area (Å²) in [7, 11) is 4.22. The summed E-state index contributed by atoms with van der Waals surface area (Å²) in [5.41, 5.74) is 0.120. The largest absolute Gasteiger partial charge is 0.349 e. The molecular weight excluding hydrogens is 315 g/mol. The zero-order chi connectivity index (χ0) is 13.9. The molecule has 1 N–H and O–H groups in total. The van der Waals surface area contributed by atoms with Crippen LogP contribution in [-0.4, -0.2) is 37.0 Å². The molecule has 2 rings (SSSR count). The highest BCUT2D eigenvalue weighted by Crippen LogP contribution is 2.31. The summed E-state index contributed by atoms with van der Waals surface area (Å²) in [4.78, 5) is 15.0. The molecule has 1 saturated carbocycles. The second-order valence-corrected chi connectivity index (χ2v) is 7.18. The number of thiophene rings is 1. The fourth-order valence-corrected chi connectivity index (χ4v) is 3.72. The van der Waals surface area contributed by atoms with Gasteiger partial charge in [-0.1, -0.05) is 30.9 Å². The summed E-state index contributed by atoms with van der Waals surface area (Å²) in [5, 5.41) is 3.08. The van der Waals surface area contributed by atoms with E-state index in [1.807, 2.05) is 0 Å². The quantitative estimate of drug-likeness (QED) is 0.906. The first-order chi connectivity index (χ1) is 9.03. The Balaban J connectivity index is 0.00000200. The van der Waals surface area contributed by atoms with Crippen LogP contribution in [0.15, 0.2) is 12.1 Å². The summed E-state index contributed by atoms with van der Waals surface area (Å²) in [6.45, 7) is 0.717. The number of nitrogens with one attached hydrogen (secondary N) is 1. The molecule has 1 aliphatic carbocycles. The van der Waals surface area contributed by atoms with Gasteiger partial charge >= 0.3 is 0 Å². The molecule has 1 aromatic rings. The number of nitrogens with zero attached hydrogens (tertiary/aromatic N) is 1. The van der Waals surface area contributed by atoms with E-state index in [0.29, 0.717) is 15.8 Å². The lowest BCUT2D eigenvalue weighted by Crippen LogP contribution is -2.53. The molecule has 1 aliphatic rings. The molecule has 0 aromatic carbocycles. The number of carbonyl (C=O) groups excluding carboxylic acids is 1. The molecule has 1 fully saturated rings. The summed E-state index contributed by atoms with van der Waals surface area (Å²) >= 11 is 7.19. The van der Waals surface area contributed by atoms with E-state index in [0.717, 1.165) is 12.8 Å². The van der Waals surface area contributed by atoms with Crippen LogP contribution >= 0.6 is 35.3 Å². The van der Waals surface area contributed by atoms with Crippen molar-refractivity contribution in [3.8, 4) is 0 Å². The minimum absolute atomic E-state index is 0. The van der Waals surface area contributed by atoms with Gasteiger partial charge < -0.3 is 10.2 Å². The molecule has 114 valence electrons. The molecule has 0 radical (unpaired) electrons. The van der Waals surface area contributed by atoms with E-state index in [-0.39, 0.29) is 23.9 Å². The van der Waals surface area contributed by atoms with Gasteiger partial charge in [-0.15, -0.1) is 23.7 Å². The molecule has 3 nitrogen and oxygen atoms in total. The van der Waals surface area contributed by atoms with Gasteiger partial charge in [-0.05, 0) is 39.1 Å². The maximum Gasteiger partial charge on any atom is 0.261 e. The molecule has 6 heteroatoms. The van der Waals surface area contributed by atoms with Gasteiger partial charge in [0.05, 0.1) is 9.21 Å². The lowest BCUT2D eigenvalue weighted by atomic mass is 9.80. The van der Waals surface area contributed by atoms with Crippen LogP contribution < -0.4 is 5.32 Å². The van der Waals surface area contributed by atoms with Gasteiger partial charge in [0.15, 0.2) is 0 Å². The summed E-state index contributed by atoms with van der Waals surface area (Å²) in [5.74, 6) is -0.0105. The molecule has 20 heavy (non-hydrogen) atoms. The Morgan fingerprint density at radius 3 is 2.50 bits per heavy atom. The number of carbonyl (C=O) groups is 1. The first-order valence-corrected chi connectivity index (χ1v) is 7.94. The lowest BCUT2D eigenvalue weighted by molar-refractivity contribution is 0.0802. The average molecular weight is 337 g/mol. The van der Waals surface area contributed by atoms with Gasteiger partial charge in [0.1, 0.15) is 0 Å². The van der Waals surface area contributed by atoms with Crippen LogP contribution in [0.3, 0.4) is 0 Å². The Hall–Kier alpha value is -0.290. The van der Waals surface area contributed by atoms with Gasteiger partial charge in [-0.3, -0.25) is 4.79 Å². The molecular formula is C14H22Cl2N2OS. The average Bonchev–Trinajstić information content (AvgIpc) is 2.83. The van der Waals surface area contributed by atoms with Gasteiger partial charge in [-0.2, -0.15) is 0 Å². The fraction of sp³-hybridized carbons (Fsp3) is 0.643. The SMILES string of the molecule is CN(C)C1(CNC(=O)c2ccc(Cl)s2)CCCCC1.Cl. The number of hydrogen-bond donors (Lipinski definition) is 1. The Morgan fingerprint density at radius 1 is 1.35 bits per heavy atom. The lowest BCUT2D eigenvalue weighted by Gasteiger charge is -2.43. The van der Waals surface area contributed by atoms with E-state index in [9.17, 15) is 4.79 Å². The van der Waals surface area contributed by atoms with Crippen LogP contribution in [0.25, 0.3) is 0 Å². The van der Waals surface area contributed by atoms with Gasteiger partial charge in [0, 0.05) is 12.1 Å². The van der Waals surface area contributed by atoms with Crippen LogP contribution in [0.2, 0.25) is 4.34 Å². The molecule has 0 saturated heterocycles. The summed E-state index contributed by atoms with van der Waals surface area (Å²) in [6.07, 6.45) is 6.12. The van der Waals surface area contributed by atoms with Crippen LogP contribution in [0, 0.1) is 0 Å². The van der Waals surface area contributed by atoms with Crippen molar-refractivity contribution in [3.05, 3.63) is 21.3 Å². The first-order valence-electron chi connectivity index (χ1n) is 6.74. The topological polar surface area (TPSA) is 32.3 Å². The van der Waals surface area contributed by atoms with E-state index in [1.54, 1.807) is 12.1 Å². The highest BCUT2D eigenvalue weighted by molar-refractivity contribution is 7.17. The molecule has 0 atom stereocenters. The molecule has 0 spiro atoms. The van der Waals surface area contributed by atoms with Gasteiger partial charge in [0.2, 0.25) is 0 Å². The first kappa shape index (κ1) is 17.8. The molecule has 1 amide bonds. The highest BCUT2D eigenvalue weighted by Gasteiger charge is 2.34. The zero-order valence-electron chi connectivity index (χ0n) is 11.9. The standard InChI is InChI=1S/C14H21ClN2OS.ClH/c1-17(2)14(8-4-3-5-9-14)10-16-13(18)11-6-7-12(15)19-11;/h6-7H,3-5,8-10H2,1-2H3,(H,16,18);1H. The Morgan fingerprint density at radius 2 is 2.00 bits per heavy atom. The fourth-order valence-electron chi connectivity index (χ4n) is 2.76. The minimum Gasteiger partial charge on any atom is -0.349 e. The van der Waals surface area contributed by atoms with Gasteiger partial charge in [-0.25, -0.2) is 0 Å². The molecule has 0 bridgehead atoms. The van der Waals surface area contributed by atoms with E-state index in [2.05, 4.69) is 24.3 Å². The van der Waals surface area contributed by atoms with Crippen molar-refractivity contribution in [1.82, 2.24) is 10.2 Å². The summed E-state index contributed by atoms with van der Waals surface area (Å²) in [6, 6.07) is 3.55. The second-order valence-electron chi connectivity index (χ2n) is 5.47. The third-order valence-electron chi connectivity index (χ3n) is 4.11. The van der Waals surface area contributed by atoms with E-state index < -0.39 is 0 Å². The van der Waals surface area contributed by atoms with Crippen molar-refractivity contribution < 1.29 is 4.79 Å². The minimum atomic E-state index is -0.0105. The van der Waals surface area contributed by atoms with Crippen molar-refractivity contribution >= 4 is 41.3 Å². The maximum atomic E-state index is 12.1. The third-order valence-corrected chi connectivity index (χ3v) is 5.34. The molecule has 1 heterocycles. The number of amides is 1. The molecule has 0 unspecified atom stereocenters.